The molecule has 5 heteroatoms. The summed E-state index contributed by atoms with van der Waals surface area (Å²) in [6.07, 6.45) is 3.65. The van der Waals surface area contributed by atoms with Crippen LogP contribution < -0.4 is 5.32 Å². The van der Waals surface area contributed by atoms with Gasteiger partial charge in [0.05, 0.1) is 5.92 Å². The summed E-state index contributed by atoms with van der Waals surface area (Å²) >= 11 is 0. The first kappa shape index (κ1) is 16.8. The van der Waals surface area contributed by atoms with Gasteiger partial charge in [0.2, 0.25) is 0 Å². The molecule has 0 aliphatic heterocycles. The molecule has 1 saturated carbocycles. The highest BCUT2D eigenvalue weighted by molar-refractivity contribution is 5.74. The van der Waals surface area contributed by atoms with E-state index in [0.717, 1.165) is 25.7 Å². The highest BCUT2D eigenvalue weighted by Gasteiger charge is 2.31. The molecule has 1 aliphatic carbocycles. The number of amides is 2. The topological polar surface area (TPSA) is 69.6 Å². The molecule has 0 aromatic rings. The Morgan fingerprint density at radius 1 is 1.25 bits per heavy atom. The Morgan fingerprint density at radius 3 is 2.40 bits per heavy atom. The third-order valence-electron chi connectivity index (χ3n) is 3.80. The van der Waals surface area contributed by atoms with Gasteiger partial charge in [-0.1, -0.05) is 33.6 Å². The molecule has 116 valence electrons. The first-order valence-corrected chi connectivity index (χ1v) is 7.42. The summed E-state index contributed by atoms with van der Waals surface area (Å²) in [5.41, 5.74) is 0.0561. The SMILES string of the molecule is CN(CC(C)(C)C)C(=O)NCC1CCCCC1C(=O)O. The second kappa shape index (κ2) is 6.95. The summed E-state index contributed by atoms with van der Waals surface area (Å²) < 4.78 is 0. The summed E-state index contributed by atoms with van der Waals surface area (Å²) in [6, 6.07) is -0.116. The fraction of sp³-hybridized carbons (Fsp3) is 0.867. The molecule has 0 aromatic heterocycles. The Kier molecular flexibility index (Phi) is 5.84. The fourth-order valence-electron chi connectivity index (χ4n) is 2.91. The highest BCUT2D eigenvalue weighted by Crippen LogP contribution is 2.29. The van der Waals surface area contributed by atoms with Crippen molar-refractivity contribution in [1.29, 1.82) is 0 Å². The van der Waals surface area contributed by atoms with Gasteiger partial charge in [-0.05, 0) is 24.2 Å². The Hall–Kier alpha value is -1.26. The fourth-order valence-corrected chi connectivity index (χ4v) is 2.91. The quantitative estimate of drug-likeness (QED) is 0.833. The second-order valence-corrected chi connectivity index (χ2v) is 7.09. The first-order chi connectivity index (χ1) is 9.20. The zero-order valence-corrected chi connectivity index (χ0v) is 13.1. The lowest BCUT2D eigenvalue weighted by atomic mass is 9.79. The van der Waals surface area contributed by atoms with Crippen LogP contribution in [0.15, 0.2) is 0 Å². The Balaban J connectivity index is 2.44. The van der Waals surface area contributed by atoms with Crippen LogP contribution in [0.25, 0.3) is 0 Å². The van der Waals surface area contributed by atoms with Crippen LogP contribution in [0, 0.1) is 17.3 Å². The van der Waals surface area contributed by atoms with Gasteiger partial charge in [0.15, 0.2) is 0 Å². The van der Waals surface area contributed by atoms with Gasteiger partial charge in [-0.2, -0.15) is 0 Å². The molecule has 0 spiro atoms. The van der Waals surface area contributed by atoms with Gasteiger partial charge in [0, 0.05) is 20.1 Å². The van der Waals surface area contributed by atoms with Crippen molar-refractivity contribution in [3.05, 3.63) is 0 Å². The number of nitrogens with one attached hydrogen (secondary N) is 1. The number of aliphatic carboxylic acids is 1. The maximum Gasteiger partial charge on any atom is 0.317 e. The van der Waals surface area contributed by atoms with Gasteiger partial charge in [0.1, 0.15) is 0 Å². The van der Waals surface area contributed by atoms with Crippen LogP contribution in [0.1, 0.15) is 46.5 Å². The molecule has 2 N–H and O–H groups in total. The maximum atomic E-state index is 12.0. The molecule has 1 rings (SSSR count). The van der Waals surface area contributed by atoms with Crippen LogP contribution >= 0.6 is 0 Å². The summed E-state index contributed by atoms with van der Waals surface area (Å²) in [5.74, 6) is -0.975. The third-order valence-corrected chi connectivity index (χ3v) is 3.80. The van der Waals surface area contributed by atoms with E-state index in [4.69, 9.17) is 0 Å². The van der Waals surface area contributed by atoms with Crippen molar-refractivity contribution in [3.63, 3.8) is 0 Å². The van der Waals surface area contributed by atoms with Crippen molar-refractivity contribution in [2.24, 2.45) is 17.3 Å². The van der Waals surface area contributed by atoms with Crippen molar-refractivity contribution in [2.45, 2.75) is 46.5 Å². The summed E-state index contributed by atoms with van der Waals surface area (Å²) in [7, 11) is 1.77. The van der Waals surface area contributed by atoms with Gasteiger partial charge in [-0.3, -0.25) is 4.79 Å². The van der Waals surface area contributed by atoms with Crippen LogP contribution in [0.4, 0.5) is 4.79 Å². The van der Waals surface area contributed by atoms with Crippen LogP contribution in [-0.2, 0) is 4.79 Å². The van der Waals surface area contributed by atoms with Crippen molar-refractivity contribution < 1.29 is 14.7 Å². The van der Waals surface area contributed by atoms with E-state index < -0.39 is 5.97 Å². The Morgan fingerprint density at radius 2 is 1.85 bits per heavy atom. The molecule has 0 radical (unpaired) electrons. The molecule has 1 fully saturated rings. The number of hydrogen-bond acceptors (Lipinski definition) is 2. The van der Waals surface area contributed by atoms with Gasteiger partial charge in [-0.25, -0.2) is 4.79 Å². The molecule has 1 aliphatic rings. The molecule has 0 bridgehead atoms. The van der Waals surface area contributed by atoms with Gasteiger partial charge < -0.3 is 15.3 Å². The van der Waals surface area contributed by atoms with E-state index in [2.05, 4.69) is 26.1 Å². The number of carboxylic acid groups (broad SMARTS) is 1. The minimum atomic E-state index is -0.730. The third kappa shape index (κ3) is 5.39. The molecule has 2 atom stereocenters. The monoisotopic (exact) mass is 284 g/mol. The molecule has 0 heterocycles. The van der Waals surface area contributed by atoms with Crippen LogP contribution in [-0.4, -0.2) is 42.1 Å². The maximum absolute atomic E-state index is 12.0. The lowest BCUT2D eigenvalue weighted by Crippen LogP contribution is -2.44. The second-order valence-electron chi connectivity index (χ2n) is 7.09. The largest absolute Gasteiger partial charge is 0.481 e. The summed E-state index contributed by atoms with van der Waals surface area (Å²) in [6.45, 7) is 7.38. The van der Waals surface area contributed by atoms with Crippen LogP contribution in [0.2, 0.25) is 0 Å². The van der Waals surface area contributed by atoms with Gasteiger partial charge in [0.25, 0.3) is 0 Å². The minimum absolute atomic E-state index is 0.0561. The zero-order valence-electron chi connectivity index (χ0n) is 13.1. The van der Waals surface area contributed by atoms with Crippen molar-refractivity contribution in [2.75, 3.05) is 20.1 Å². The van der Waals surface area contributed by atoms with E-state index in [9.17, 15) is 14.7 Å². The molecule has 20 heavy (non-hydrogen) atoms. The van der Waals surface area contributed by atoms with E-state index in [1.165, 1.54) is 0 Å². The van der Waals surface area contributed by atoms with Crippen molar-refractivity contribution in [3.8, 4) is 0 Å². The zero-order chi connectivity index (χ0) is 15.3. The number of carbonyl (C=O) groups is 2. The van der Waals surface area contributed by atoms with E-state index in [0.29, 0.717) is 13.1 Å². The predicted octanol–water partition coefficient (Wildman–Crippen LogP) is 2.56. The first-order valence-electron chi connectivity index (χ1n) is 7.42. The standard InChI is InChI=1S/C15H28N2O3/c1-15(2,3)10-17(4)14(20)16-9-11-7-5-6-8-12(11)13(18)19/h11-12H,5-10H2,1-4H3,(H,16,20)(H,18,19). The molecule has 0 saturated heterocycles. The molecule has 2 amide bonds. The van der Waals surface area contributed by atoms with E-state index >= 15 is 0 Å². The number of hydrogen-bond donors (Lipinski definition) is 2. The summed E-state index contributed by atoms with van der Waals surface area (Å²) in [5, 5.41) is 12.1. The summed E-state index contributed by atoms with van der Waals surface area (Å²) in [4.78, 5) is 24.9. The Bertz CT molecular complexity index is 350. The molecule has 5 nitrogen and oxygen atoms in total. The van der Waals surface area contributed by atoms with Gasteiger partial charge in [-0.15, -0.1) is 0 Å². The van der Waals surface area contributed by atoms with E-state index in [1.807, 2.05) is 0 Å². The number of urea groups is 1. The van der Waals surface area contributed by atoms with Gasteiger partial charge >= 0.3 is 12.0 Å². The lowest BCUT2D eigenvalue weighted by molar-refractivity contribution is -0.144. The number of carboxylic acids is 1. The average Bonchev–Trinajstić information content (AvgIpc) is 2.34. The number of nitrogens with zero attached hydrogens (tertiary/aromatic N) is 1. The van der Waals surface area contributed by atoms with E-state index in [-0.39, 0.29) is 23.3 Å². The number of carbonyl (C=O) groups excluding carboxylic acids is 1. The number of rotatable bonds is 4. The average molecular weight is 284 g/mol. The van der Waals surface area contributed by atoms with Crippen LogP contribution in [0.5, 0.6) is 0 Å². The smallest absolute Gasteiger partial charge is 0.317 e. The molecule has 0 aromatic carbocycles. The molecular formula is C15H28N2O3. The Labute approximate surface area is 121 Å². The highest BCUT2D eigenvalue weighted by atomic mass is 16.4. The molecular weight excluding hydrogens is 256 g/mol. The minimum Gasteiger partial charge on any atom is -0.481 e. The lowest BCUT2D eigenvalue weighted by Gasteiger charge is -2.30. The predicted molar refractivity (Wildman–Crippen MR) is 78.6 cm³/mol. The van der Waals surface area contributed by atoms with Crippen LogP contribution in [0.3, 0.4) is 0 Å². The van der Waals surface area contributed by atoms with Crippen molar-refractivity contribution >= 4 is 12.0 Å². The molecule has 2 unspecified atom stereocenters. The normalized spacial score (nSPS) is 23.2. The van der Waals surface area contributed by atoms with E-state index in [1.54, 1.807) is 11.9 Å². The van der Waals surface area contributed by atoms with Crippen molar-refractivity contribution in [1.82, 2.24) is 10.2 Å².